The molecule has 0 heterocycles. The Balaban J connectivity index is 2.11. The van der Waals surface area contributed by atoms with Crippen LogP contribution in [0.1, 0.15) is 37.7 Å². The van der Waals surface area contributed by atoms with E-state index in [9.17, 15) is 13.5 Å². The third-order valence-corrected chi connectivity index (χ3v) is 5.83. The lowest BCUT2D eigenvalue weighted by Crippen LogP contribution is -2.41. The van der Waals surface area contributed by atoms with Gasteiger partial charge in [0.15, 0.2) is 0 Å². The SMILES string of the molecule is Cc1ccccc1S(=O)(=O)NCC1(CO)CCCCC1. The van der Waals surface area contributed by atoms with E-state index in [-0.39, 0.29) is 12.0 Å². The molecule has 2 N–H and O–H groups in total. The number of aliphatic hydroxyl groups excluding tert-OH is 1. The monoisotopic (exact) mass is 297 g/mol. The quantitative estimate of drug-likeness (QED) is 0.875. The molecule has 0 spiro atoms. The van der Waals surface area contributed by atoms with Gasteiger partial charge in [-0.2, -0.15) is 0 Å². The van der Waals surface area contributed by atoms with Crippen molar-refractivity contribution in [1.29, 1.82) is 0 Å². The molecule has 1 saturated carbocycles. The van der Waals surface area contributed by atoms with E-state index in [4.69, 9.17) is 0 Å². The molecule has 5 heteroatoms. The fourth-order valence-electron chi connectivity index (χ4n) is 2.88. The molecule has 0 saturated heterocycles. The number of nitrogens with one attached hydrogen (secondary N) is 1. The molecule has 0 aromatic heterocycles. The number of aliphatic hydroxyl groups is 1. The Labute approximate surface area is 121 Å². The minimum Gasteiger partial charge on any atom is -0.396 e. The Morgan fingerprint density at radius 3 is 2.45 bits per heavy atom. The maximum absolute atomic E-state index is 12.4. The van der Waals surface area contributed by atoms with E-state index in [1.165, 1.54) is 6.42 Å². The number of sulfonamides is 1. The van der Waals surface area contributed by atoms with Gasteiger partial charge in [-0.05, 0) is 31.4 Å². The molecule has 2 rings (SSSR count). The van der Waals surface area contributed by atoms with Gasteiger partial charge >= 0.3 is 0 Å². The van der Waals surface area contributed by atoms with Gasteiger partial charge < -0.3 is 5.11 Å². The van der Waals surface area contributed by atoms with Crippen molar-refractivity contribution in [2.75, 3.05) is 13.2 Å². The molecule has 1 aromatic rings. The predicted molar refractivity (Wildman–Crippen MR) is 79.0 cm³/mol. The van der Waals surface area contributed by atoms with Crippen LogP contribution in [-0.2, 0) is 10.0 Å². The van der Waals surface area contributed by atoms with Gasteiger partial charge in [0.1, 0.15) is 0 Å². The van der Waals surface area contributed by atoms with E-state index in [0.717, 1.165) is 31.2 Å². The highest BCUT2D eigenvalue weighted by Crippen LogP contribution is 2.35. The number of aryl methyl sites for hydroxylation is 1. The average Bonchev–Trinajstić information content (AvgIpc) is 2.47. The number of hydrogen-bond acceptors (Lipinski definition) is 3. The molecule has 112 valence electrons. The smallest absolute Gasteiger partial charge is 0.240 e. The fraction of sp³-hybridized carbons (Fsp3) is 0.600. The van der Waals surface area contributed by atoms with Gasteiger partial charge in [-0.15, -0.1) is 0 Å². The summed E-state index contributed by atoms with van der Waals surface area (Å²) >= 11 is 0. The fourth-order valence-corrected chi connectivity index (χ4v) is 4.28. The van der Waals surface area contributed by atoms with Crippen molar-refractivity contribution in [3.63, 3.8) is 0 Å². The van der Waals surface area contributed by atoms with Gasteiger partial charge in [0, 0.05) is 18.6 Å². The summed E-state index contributed by atoms with van der Waals surface area (Å²) < 4.78 is 27.4. The van der Waals surface area contributed by atoms with Crippen LogP contribution >= 0.6 is 0 Å². The van der Waals surface area contributed by atoms with Gasteiger partial charge in [0.25, 0.3) is 0 Å². The highest BCUT2D eigenvalue weighted by atomic mass is 32.2. The van der Waals surface area contributed by atoms with Gasteiger partial charge in [0.2, 0.25) is 10.0 Å². The number of rotatable bonds is 5. The molecule has 1 aliphatic carbocycles. The summed E-state index contributed by atoms with van der Waals surface area (Å²) in [5, 5.41) is 9.63. The molecule has 1 fully saturated rings. The first-order valence-corrected chi connectivity index (χ1v) is 8.64. The van der Waals surface area contributed by atoms with Gasteiger partial charge in [-0.3, -0.25) is 0 Å². The second-order valence-corrected chi connectivity index (χ2v) is 7.54. The van der Waals surface area contributed by atoms with Crippen molar-refractivity contribution in [3.8, 4) is 0 Å². The van der Waals surface area contributed by atoms with Crippen molar-refractivity contribution in [2.45, 2.75) is 43.9 Å². The van der Waals surface area contributed by atoms with Gasteiger partial charge in [0.05, 0.1) is 4.90 Å². The lowest BCUT2D eigenvalue weighted by atomic mass is 9.75. The Morgan fingerprint density at radius 1 is 1.20 bits per heavy atom. The lowest BCUT2D eigenvalue weighted by Gasteiger charge is -2.35. The summed E-state index contributed by atoms with van der Waals surface area (Å²) in [6.45, 7) is 2.15. The summed E-state index contributed by atoms with van der Waals surface area (Å²) in [6.07, 6.45) is 5.07. The molecule has 0 amide bonds. The third-order valence-electron chi connectivity index (χ3n) is 4.27. The molecule has 0 aliphatic heterocycles. The van der Waals surface area contributed by atoms with E-state index in [1.54, 1.807) is 25.1 Å². The Morgan fingerprint density at radius 2 is 1.85 bits per heavy atom. The standard InChI is InChI=1S/C15H23NO3S/c1-13-7-3-4-8-14(13)20(18,19)16-11-15(12-17)9-5-2-6-10-15/h3-4,7-8,16-17H,2,5-6,9-12H2,1H3. The molecule has 1 aromatic carbocycles. The number of hydrogen-bond donors (Lipinski definition) is 2. The summed E-state index contributed by atoms with van der Waals surface area (Å²) in [5.74, 6) is 0. The Hall–Kier alpha value is -0.910. The first-order chi connectivity index (χ1) is 9.49. The second kappa shape index (κ2) is 6.24. The van der Waals surface area contributed by atoms with E-state index in [2.05, 4.69) is 4.72 Å². The maximum atomic E-state index is 12.4. The second-order valence-electron chi connectivity index (χ2n) is 5.81. The van der Waals surface area contributed by atoms with Gasteiger partial charge in [-0.25, -0.2) is 13.1 Å². The zero-order chi connectivity index (χ0) is 14.6. The molecule has 0 bridgehead atoms. The normalized spacial score (nSPS) is 18.9. The minimum atomic E-state index is -3.50. The number of benzene rings is 1. The molecule has 20 heavy (non-hydrogen) atoms. The van der Waals surface area contributed by atoms with E-state index in [1.807, 2.05) is 6.07 Å². The van der Waals surface area contributed by atoms with Crippen LogP contribution in [0.3, 0.4) is 0 Å². The van der Waals surface area contributed by atoms with Crippen LogP contribution in [0.25, 0.3) is 0 Å². The van der Waals surface area contributed by atoms with E-state index in [0.29, 0.717) is 11.4 Å². The van der Waals surface area contributed by atoms with Crippen LogP contribution < -0.4 is 4.72 Å². The summed E-state index contributed by atoms with van der Waals surface area (Å²) in [6, 6.07) is 6.95. The third kappa shape index (κ3) is 3.40. The van der Waals surface area contributed by atoms with Crippen LogP contribution in [0.2, 0.25) is 0 Å². The summed E-state index contributed by atoms with van der Waals surface area (Å²) in [4.78, 5) is 0.323. The van der Waals surface area contributed by atoms with Crippen molar-refractivity contribution >= 4 is 10.0 Å². The first-order valence-electron chi connectivity index (χ1n) is 7.15. The highest BCUT2D eigenvalue weighted by molar-refractivity contribution is 7.89. The van der Waals surface area contributed by atoms with Crippen molar-refractivity contribution in [2.24, 2.45) is 5.41 Å². The molecule has 0 atom stereocenters. The van der Waals surface area contributed by atoms with Crippen LogP contribution in [0.5, 0.6) is 0 Å². The lowest BCUT2D eigenvalue weighted by molar-refractivity contribution is 0.0867. The molecular formula is C15H23NO3S. The van der Waals surface area contributed by atoms with E-state index < -0.39 is 10.0 Å². The predicted octanol–water partition coefficient (Wildman–Crippen LogP) is 2.22. The zero-order valence-corrected chi connectivity index (χ0v) is 12.7. The van der Waals surface area contributed by atoms with Crippen molar-refractivity contribution < 1.29 is 13.5 Å². The molecule has 0 unspecified atom stereocenters. The topological polar surface area (TPSA) is 66.4 Å². The van der Waals surface area contributed by atoms with Gasteiger partial charge in [-0.1, -0.05) is 37.5 Å². The Kier molecular flexibility index (Phi) is 4.83. The largest absolute Gasteiger partial charge is 0.396 e. The summed E-state index contributed by atoms with van der Waals surface area (Å²) in [5.41, 5.74) is 0.454. The Bertz CT molecular complexity index is 548. The molecule has 0 radical (unpaired) electrons. The van der Waals surface area contributed by atoms with Crippen LogP contribution in [-0.4, -0.2) is 26.7 Å². The highest BCUT2D eigenvalue weighted by Gasteiger charge is 2.33. The molecular weight excluding hydrogens is 274 g/mol. The summed E-state index contributed by atoms with van der Waals surface area (Å²) in [7, 11) is -3.50. The molecule has 1 aliphatic rings. The van der Waals surface area contributed by atoms with Crippen molar-refractivity contribution in [1.82, 2.24) is 4.72 Å². The van der Waals surface area contributed by atoms with E-state index >= 15 is 0 Å². The van der Waals surface area contributed by atoms with Crippen molar-refractivity contribution in [3.05, 3.63) is 29.8 Å². The molecule has 4 nitrogen and oxygen atoms in total. The van der Waals surface area contributed by atoms with Crippen LogP contribution in [0, 0.1) is 12.3 Å². The maximum Gasteiger partial charge on any atom is 0.240 e. The zero-order valence-electron chi connectivity index (χ0n) is 11.9. The average molecular weight is 297 g/mol. The van der Waals surface area contributed by atoms with Crippen LogP contribution in [0.15, 0.2) is 29.2 Å². The van der Waals surface area contributed by atoms with Crippen LogP contribution in [0.4, 0.5) is 0 Å². The minimum absolute atomic E-state index is 0.0449. The first kappa shape index (κ1) is 15.5.